The van der Waals surface area contributed by atoms with Crippen molar-refractivity contribution in [3.8, 4) is 6.07 Å². The van der Waals surface area contributed by atoms with E-state index < -0.39 is 4.92 Å². The first-order chi connectivity index (χ1) is 9.61. The third-order valence-electron chi connectivity index (χ3n) is 3.06. The molecule has 2 rings (SSSR count). The van der Waals surface area contributed by atoms with Gasteiger partial charge in [0.25, 0.3) is 5.69 Å². The number of hydrogen-bond acceptors (Lipinski definition) is 4. The van der Waals surface area contributed by atoms with Crippen molar-refractivity contribution in [3.63, 3.8) is 0 Å². The maximum Gasteiger partial charge on any atom is 0.270 e. The van der Waals surface area contributed by atoms with E-state index in [-0.39, 0.29) is 11.3 Å². The highest BCUT2D eigenvalue weighted by atomic mass is 16.6. The Balaban J connectivity index is 2.20. The average Bonchev–Trinajstić information content (AvgIpc) is 2.46. The lowest BCUT2D eigenvalue weighted by Gasteiger charge is -2.10. The zero-order valence-electron chi connectivity index (χ0n) is 11.0. The number of rotatable bonds is 4. The molecule has 0 saturated heterocycles. The second-order valence-corrected chi connectivity index (χ2v) is 4.38. The number of benzene rings is 2. The molecular weight excluding hydrogens is 254 g/mol. The van der Waals surface area contributed by atoms with Gasteiger partial charge in [-0.25, -0.2) is 0 Å². The third kappa shape index (κ3) is 2.93. The van der Waals surface area contributed by atoms with Gasteiger partial charge in [0.1, 0.15) is 6.07 Å². The van der Waals surface area contributed by atoms with E-state index in [1.54, 1.807) is 6.07 Å². The highest BCUT2D eigenvalue weighted by Crippen LogP contribution is 2.22. The van der Waals surface area contributed by atoms with Crippen molar-refractivity contribution in [1.29, 1.82) is 5.26 Å². The van der Waals surface area contributed by atoms with Crippen LogP contribution in [0.4, 0.5) is 11.4 Å². The summed E-state index contributed by atoms with van der Waals surface area (Å²) < 4.78 is 0. The van der Waals surface area contributed by atoms with Gasteiger partial charge in [-0.2, -0.15) is 5.26 Å². The molecule has 0 fully saturated rings. The maximum absolute atomic E-state index is 10.7. The van der Waals surface area contributed by atoms with Gasteiger partial charge in [-0.15, -0.1) is 0 Å². The maximum atomic E-state index is 10.7. The Kier molecular flexibility index (Phi) is 3.96. The van der Waals surface area contributed by atoms with Crippen LogP contribution in [0, 0.1) is 28.4 Å². The van der Waals surface area contributed by atoms with Crippen LogP contribution >= 0.6 is 0 Å². The minimum atomic E-state index is -0.508. The Bertz CT molecular complexity index is 690. The van der Waals surface area contributed by atoms with E-state index in [0.717, 1.165) is 11.1 Å². The zero-order chi connectivity index (χ0) is 14.5. The molecule has 0 aromatic heterocycles. The second kappa shape index (κ2) is 5.85. The van der Waals surface area contributed by atoms with Crippen molar-refractivity contribution in [2.24, 2.45) is 0 Å². The van der Waals surface area contributed by atoms with Crippen molar-refractivity contribution < 1.29 is 4.92 Å². The number of nitrogens with one attached hydrogen (secondary N) is 1. The Hall–Kier alpha value is -2.87. The van der Waals surface area contributed by atoms with Gasteiger partial charge in [-0.1, -0.05) is 24.3 Å². The predicted molar refractivity (Wildman–Crippen MR) is 76.3 cm³/mol. The second-order valence-electron chi connectivity index (χ2n) is 4.38. The van der Waals surface area contributed by atoms with Gasteiger partial charge in [0.05, 0.1) is 16.2 Å². The molecule has 0 aliphatic heterocycles. The molecule has 0 unspecified atom stereocenters. The molecule has 0 bridgehead atoms. The van der Waals surface area contributed by atoms with E-state index in [1.165, 1.54) is 12.1 Å². The Morgan fingerprint density at radius 1 is 1.30 bits per heavy atom. The molecule has 2 aromatic carbocycles. The summed E-state index contributed by atoms with van der Waals surface area (Å²) in [6.45, 7) is 2.58. The predicted octanol–water partition coefficient (Wildman–Crippen LogP) is 3.39. The van der Waals surface area contributed by atoms with Crippen LogP contribution in [0.2, 0.25) is 0 Å². The fourth-order valence-corrected chi connectivity index (χ4v) is 1.89. The van der Waals surface area contributed by atoms with E-state index in [1.807, 2.05) is 37.3 Å². The van der Waals surface area contributed by atoms with E-state index in [0.29, 0.717) is 12.2 Å². The summed E-state index contributed by atoms with van der Waals surface area (Å²) in [7, 11) is 0. The van der Waals surface area contributed by atoms with Gasteiger partial charge in [-0.3, -0.25) is 10.1 Å². The summed E-state index contributed by atoms with van der Waals surface area (Å²) in [6, 6.07) is 14.1. The van der Waals surface area contributed by atoms with Crippen LogP contribution < -0.4 is 5.32 Å². The average molecular weight is 267 g/mol. The van der Waals surface area contributed by atoms with Crippen LogP contribution in [0.15, 0.2) is 42.5 Å². The van der Waals surface area contributed by atoms with Crippen molar-refractivity contribution in [3.05, 3.63) is 69.3 Å². The lowest BCUT2D eigenvalue weighted by Crippen LogP contribution is -2.03. The Labute approximate surface area is 116 Å². The van der Waals surface area contributed by atoms with Gasteiger partial charge in [0.2, 0.25) is 0 Å². The lowest BCUT2D eigenvalue weighted by atomic mass is 10.1. The first-order valence-corrected chi connectivity index (χ1v) is 6.08. The number of nitriles is 1. The molecule has 5 heteroatoms. The zero-order valence-corrected chi connectivity index (χ0v) is 11.0. The Morgan fingerprint density at radius 3 is 2.70 bits per heavy atom. The number of nitro benzene ring substituents is 1. The molecule has 20 heavy (non-hydrogen) atoms. The van der Waals surface area contributed by atoms with Crippen LogP contribution in [0.1, 0.15) is 16.7 Å². The summed E-state index contributed by atoms with van der Waals surface area (Å²) in [5, 5.41) is 22.9. The van der Waals surface area contributed by atoms with Crippen LogP contribution in [-0.4, -0.2) is 4.92 Å². The molecule has 0 spiro atoms. The Morgan fingerprint density at radius 2 is 2.05 bits per heavy atom. The van der Waals surface area contributed by atoms with Gasteiger partial charge in [0.15, 0.2) is 0 Å². The molecule has 5 nitrogen and oxygen atoms in total. The number of nitro groups is 1. The smallest absolute Gasteiger partial charge is 0.270 e. The molecule has 0 saturated carbocycles. The number of aryl methyl sites for hydroxylation is 1. The highest BCUT2D eigenvalue weighted by Gasteiger charge is 2.10. The quantitative estimate of drug-likeness (QED) is 0.680. The summed E-state index contributed by atoms with van der Waals surface area (Å²) in [6.07, 6.45) is 0. The lowest BCUT2D eigenvalue weighted by molar-refractivity contribution is -0.384. The fraction of sp³-hybridized carbons (Fsp3) is 0.133. The van der Waals surface area contributed by atoms with E-state index in [2.05, 4.69) is 5.32 Å². The van der Waals surface area contributed by atoms with Crippen LogP contribution in [0.25, 0.3) is 0 Å². The normalized spacial score (nSPS) is 9.80. The number of non-ortho nitro benzene ring substituents is 1. The molecule has 0 radical (unpaired) electrons. The van der Waals surface area contributed by atoms with E-state index >= 15 is 0 Å². The molecule has 0 heterocycles. The number of anilines is 1. The van der Waals surface area contributed by atoms with Crippen molar-refractivity contribution >= 4 is 11.4 Å². The minimum Gasteiger partial charge on any atom is -0.380 e. The number of hydrogen-bond donors (Lipinski definition) is 1. The molecule has 2 aromatic rings. The van der Waals surface area contributed by atoms with Crippen LogP contribution in [0.5, 0.6) is 0 Å². The molecule has 0 atom stereocenters. The molecule has 0 amide bonds. The fourth-order valence-electron chi connectivity index (χ4n) is 1.89. The molecule has 100 valence electrons. The summed E-state index contributed by atoms with van der Waals surface area (Å²) in [4.78, 5) is 10.2. The first-order valence-electron chi connectivity index (χ1n) is 6.08. The summed E-state index contributed by atoms with van der Waals surface area (Å²) in [5.74, 6) is 0. The molecule has 0 aliphatic carbocycles. The van der Waals surface area contributed by atoms with Gasteiger partial charge >= 0.3 is 0 Å². The summed E-state index contributed by atoms with van der Waals surface area (Å²) in [5.41, 5.74) is 3.06. The largest absolute Gasteiger partial charge is 0.380 e. The van der Waals surface area contributed by atoms with Gasteiger partial charge in [-0.05, 0) is 24.1 Å². The molecular formula is C15H13N3O2. The highest BCUT2D eigenvalue weighted by molar-refractivity contribution is 5.61. The van der Waals surface area contributed by atoms with Crippen LogP contribution in [0.3, 0.4) is 0 Å². The van der Waals surface area contributed by atoms with E-state index in [4.69, 9.17) is 5.26 Å². The van der Waals surface area contributed by atoms with E-state index in [9.17, 15) is 10.1 Å². The van der Waals surface area contributed by atoms with Crippen molar-refractivity contribution in [1.82, 2.24) is 0 Å². The monoisotopic (exact) mass is 267 g/mol. The SMILES string of the molecule is Cc1ccccc1CNc1ccc([N+](=O)[O-])cc1C#N. The topological polar surface area (TPSA) is 79.0 Å². The van der Waals surface area contributed by atoms with Gasteiger partial charge < -0.3 is 5.32 Å². The summed E-state index contributed by atoms with van der Waals surface area (Å²) >= 11 is 0. The number of nitrogens with zero attached hydrogens (tertiary/aromatic N) is 2. The molecule has 0 aliphatic rings. The molecule has 1 N–H and O–H groups in total. The van der Waals surface area contributed by atoms with Crippen LogP contribution in [-0.2, 0) is 6.54 Å². The first kappa shape index (κ1) is 13.6. The minimum absolute atomic E-state index is 0.0806. The standard InChI is InChI=1S/C15H13N3O2/c1-11-4-2-3-5-12(11)10-17-15-7-6-14(18(19)20)8-13(15)9-16/h2-8,17H,10H2,1H3. The third-order valence-corrected chi connectivity index (χ3v) is 3.06. The van der Waals surface area contributed by atoms with Gasteiger partial charge in [0, 0.05) is 18.7 Å². The van der Waals surface area contributed by atoms with Crippen molar-refractivity contribution in [2.45, 2.75) is 13.5 Å². The van der Waals surface area contributed by atoms with Crippen molar-refractivity contribution in [2.75, 3.05) is 5.32 Å².